The van der Waals surface area contributed by atoms with Crippen molar-refractivity contribution in [2.45, 2.75) is 32.7 Å². The molecule has 0 saturated carbocycles. The van der Waals surface area contributed by atoms with Crippen LogP contribution in [0.3, 0.4) is 0 Å². The Hall–Kier alpha value is -4.40. The molecule has 2 aromatic heterocycles. The van der Waals surface area contributed by atoms with Crippen LogP contribution in [0.2, 0.25) is 5.02 Å². The molecular formula is C29H33ClN8O3. The van der Waals surface area contributed by atoms with Gasteiger partial charge in [-0.1, -0.05) is 11.6 Å². The Morgan fingerprint density at radius 1 is 1.17 bits per heavy atom. The third-order valence-electron chi connectivity index (χ3n) is 6.13. The Morgan fingerprint density at radius 2 is 2.02 bits per heavy atom. The minimum absolute atomic E-state index is 0.116. The molecule has 0 aliphatic rings. The summed E-state index contributed by atoms with van der Waals surface area (Å²) in [6.45, 7) is 4.25. The Balaban J connectivity index is 1.55. The number of aromatic nitrogens is 4. The van der Waals surface area contributed by atoms with Gasteiger partial charge in [0.05, 0.1) is 40.7 Å². The number of nitrogens with one attached hydrogen (secondary N) is 2. The highest BCUT2D eigenvalue weighted by atomic mass is 35.5. The van der Waals surface area contributed by atoms with Gasteiger partial charge in [-0.25, -0.2) is 4.98 Å². The number of hydrogen-bond acceptors (Lipinski definition) is 9. The van der Waals surface area contributed by atoms with Crippen LogP contribution in [0.25, 0.3) is 10.9 Å². The van der Waals surface area contributed by atoms with Gasteiger partial charge in [0.2, 0.25) is 5.91 Å². The first-order valence-electron chi connectivity index (χ1n) is 13.3. The molecule has 1 amide bonds. The average Bonchev–Trinajstić information content (AvgIpc) is 3.46. The molecule has 0 bridgehead atoms. The van der Waals surface area contributed by atoms with Crippen LogP contribution in [0.1, 0.15) is 31.7 Å². The predicted octanol–water partition coefficient (Wildman–Crippen LogP) is 5.24. The predicted molar refractivity (Wildman–Crippen MR) is 159 cm³/mol. The molecule has 4 rings (SSSR count). The Labute approximate surface area is 244 Å². The summed E-state index contributed by atoms with van der Waals surface area (Å²) in [7, 11) is 3.94. The summed E-state index contributed by atoms with van der Waals surface area (Å²) >= 11 is 6.53. The molecule has 0 unspecified atom stereocenters. The van der Waals surface area contributed by atoms with Crippen LogP contribution in [0, 0.1) is 11.3 Å². The van der Waals surface area contributed by atoms with Crippen molar-refractivity contribution in [3.05, 3.63) is 59.8 Å². The van der Waals surface area contributed by atoms with Gasteiger partial charge in [0.25, 0.3) is 0 Å². The molecule has 2 aromatic carbocycles. The lowest BCUT2D eigenvalue weighted by Gasteiger charge is -2.17. The SMILES string of the molecule is CCOc1cc2ncc(C#N)c(Nc3ccc(OCCCn4cncn4)c(Cl)c3)c2cc1NC(=O)CCCN(C)C. The van der Waals surface area contributed by atoms with Crippen molar-refractivity contribution in [1.29, 1.82) is 5.26 Å². The van der Waals surface area contributed by atoms with Crippen molar-refractivity contribution in [3.8, 4) is 17.6 Å². The number of benzene rings is 2. The van der Waals surface area contributed by atoms with E-state index in [4.69, 9.17) is 21.1 Å². The molecule has 2 heterocycles. The number of anilines is 3. The van der Waals surface area contributed by atoms with Crippen molar-refractivity contribution >= 4 is 45.5 Å². The second-order valence-electron chi connectivity index (χ2n) is 9.54. The van der Waals surface area contributed by atoms with Crippen molar-refractivity contribution in [2.24, 2.45) is 0 Å². The molecular weight excluding hydrogens is 544 g/mol. The van der Waals surface area contributed by atoms with Gasteiger partial charge in [0, 0.05) is 42.7 Å². The Bertz CT molecular complexity index is 1520. The number of amides is 1. The molecule has 0 aliphatic carbocycles. The number of carbonyl (C=O) groups is 1. The molecule has 214 valence electrons. The van der Waals surface area contributed by atoms with Crippen LogP contribution >= 0.6 is 11.6 Å². The highest BCUT2D eigenvalue weighted by Crippen LogP contribution is 2.37. The normalized spacial score (nSPS) is 10.9. The third-order valence-corrected chi connectivity index (χ3v) is 6.43. The summed E-state index contributed by atoms with van der Waals surface area (Å²) in [5.41, 5.74) is 2.67. The lowest BCUT2D eigenvalue weighted by atomic mass is 10.1. The molecule has 12 heteroatoms. The minimum atomic E-state index is -0.116. The van der Waals surface area contributed by atoms with E-state index in [1.54, 1.807) is 35.3 Å². The van der Waals surface area contributed by atoms with E-state index >= 15 is 0 Å². The van der Waals surface area contributed by atoms with E-state index in [0.717, 1.165) is 19.4 Å². The highest BCUT2D eigenvalue weighted by molar-refractivity contribution is 6.32. The van der Waals surface area contributed by atoms with Crippen molar-refractivity contribution in [3.63, 3.8) is 0 Å². The Kier molecular flexibility index (Phi) is 10.3. The largest absolute Gasteiger partial charge is 0.492 e. The second kappa shape index (κ2) is 14.3. The molecule has 4 aromatic rings. The number of rotatable bonds is 14. The van der Waals surface area contributed by atoms with Gasteiger partial charge < -0.3 is 25.0 Å². The molecule has 0 radical (unpaired) electrons. The van der Waals surface area contributed by atoms with E-state index in [2.05, 4.69) is 31.8 Å². The standard InChI is InChI=1S/C29H33ClN8O3/c1-4-40-27-15-24-22(14-25(27)36-28(39)7-5-10-37(2)3)29(20(16-31)17-33-24)35-21-8-9-26(23(30)13-21)41-12-6-11-38-19-32-18-34-38/h8-9,13-15,17-19H,4-7,10-12H2,1-3H3,(H,33,35)(H,36,39). The van der Waals surface area contributed by atoms with Gasteiger partial charge in [-0.15, -0.1) is 0 Å². The number of nitrogens with zero attached hydrogens (tertiary/aromatic N) is 6. The van der Waals surface area contributed by atoms with Crippen LogP contribution < -0.4 is 20.1 Å². The van der Waals surface area contributed by atoms with Crippen molar-refractivity contribution in [1.82, 2.24) is 24.6 Å². The maximum atomic E-state index is 12.7. The first-order chi connectivity index (χ1) is 19.9. The van der Waals surface area contributed by atoms with Crippen LogP contribution in [0.5, 0.6) is 11.5 Å². The van der Waals surface area contributed by atoms with Gasteiger partial charge in [0.15, 0.2) is 0 Å². The van der Waals surface area contributed by atoms with Gasteiger partial charge in [-0.05, 0) is 58.3 Å². The summed E-state index contributed by atoms with van der Waals surface area (Å²) in [6, 6.07) is 11.1. The van der Waals surface area contributed by atoms with Crippen LogP contribution in [-0.2, 0) is 11.3 Å². The molecule has 0 saturated heterocycles. The van der Waals surface area contributed by atoms with Gasteiger partial charge in [-0.2, -0.15) is 10.4 Å². The van der Waals surface area contributed by atoms with E-state index in [0.29, 0.717) is 76.2 Å². The molecule has 2 N–H and O–H groups in total. The average molecular weight is 577 g/mol. The number of fused-ring (bicyclic) bond motifs is 1. The van der Waals surface area contributed by atoms with Crippen LogP contribution in [0.15, 0.2) is 49.2 Å². The van der Waals surface area contributed by atoms with Crippen molar-refractivity contribution < 1.29 is 14.3 Å². The van der Waals surface area contributed by atoms with Crippen molar-refractivity contribution in [2.75, 3.05) is 44.5 Å². The fraction of sp³-hybridized carbons (Fsp3) is 0.345. The monoisotopic (exact) mass is 576 g/mol. The molecule has 0 spiro atoms. The zero-order chi connectivity index (χ0) is 29.2. The fourth-order valence-electron chi connectivity index (χ4n) is 4.18. The van der Waals surface area contributed by atoms with Crippen LogP contribution in [0.4, 0.5) is 17.1 Å². The number of carbonyl (C=O) groups excluding carboxylic acids is 1. The number of halogens is 1. The highest BCUT2D eigenvalue weighted by Gasteiger charge is 2.16. The number of nitriles is 1. The number of pyridine rings is 1. The maximum absolute atomic E-state index is 12.7. The summed E-state index contributed by atoms with van der Waals surface area (Å²) in [5, 5.41) is 21.3. The zero-order valence-electron chi connectivity index (χ0n) is 23.4. The van der Waals surface area contributed by atoms with E-state index < -0.39 is 0 Å². The number of hydrogen-bond donors (Lipinski definition) is 2. The van der Waals surface area contributed by atoms with Gasteiger partial charge >= 0.3 is 0 Å². The number of ether oxygens (including phenoxy) is 2. The smallest absolute Gasteiger partial charge is 0.224 e. The first kappa shape index (κ1) is 29.6. The zero-order valence-corrected chi connectivity index (χ0v) is 24.1. The summed E-state index contributed by atoms with van der Waals surface area (Å²) in [5.74, 6) is 0.948. The fourth-order valence-corrected chi connectivity index (χ4v) is 4.41. The molecule has 0 aliphatic heterocycles. The molecule has 0 atom stereocenters. The van der Waals surface area contributed by atoms with E-state index in [1.165, 1.54) is 12.5 Å². The lowest BCUT2D eigenvalue weighted by molar-refractivity contribution is -0.116. The third kappa shape index (κ3) is 8.06. The quantitative estimate of drug-likeness (QED) is 0.193. The van der Waals surface area contributed by atoms with Crippen LogP contribution in [-0.4, -0.2) is 64.4 Å². The topological polar surface area (TPSA) is 130 Å². The van der Waals surface area contributed by atoms with E-state index in [9.17, 15) is 10.1 Å². The summed E-state index contributed by atoms with van der Waals surface area (Å²) in [6.07, 6.45) is 6.51. The van der Waals surface area contributed by atoms with E-state index in [1.807, 2.05) is 32.0 Å². The molecule has 11 nitrogen and oxygen atoms in total. The van der Waals surface area contributed by atoms with Gasteiger partial charge in [0.1, 0.15) is 30.2 Å². The molecule has 41 heavy (non-hydrogen) atoms. The van der Waals surface area contributed by atoms with E-state index in [-0.39, 0.29) is 5.91 Å². The first-order valence-corrected chi connectivity index (χ1v) is 13.7. The summed E-state index contributed by atoms with van der Waals surface area (Å²) < 4.78 is 13.4. The minimum Gasteiger partial charge on any atom is -0.492 e. The number of aryl methyl sites for hydroxylation is 1. The lowest BCUT2D eigenvalue weighted by Crippen LogP contribution is -2.17. The molecule has 0 fully saturated rings. The Morgan fingerprint density at radius 3 is 2.73 bits per heavy atom. The van der Waals surface area contributed by atoms with Gasteiger partial charge in [-0.3, -0.25) is 14.5 Å². The summed E-state index contributed by atoms with van der Waals surface area (Å²) in [4.78, 5) is 23.1. The second-order valence-corrected chi connectivity index (χ2v) is 9.95. The maximum Gasteiger partial charge on any atom is 0.224 e.